The molecule has 0 radical (unpaired) electrons. The van der Waals surface area contributed by atoms with Gasteiger partial charge in [0.25, 0.3) is 0 Å². The van der Waals surface area contributed by atoms with E-state index in [-0.39, 0.29) is 23.9 Å². The Labute approximate surface area is 185 Å². The van der Waals surface area contributed by atoms with E-state index in [1.807, 2.05) is 26.0 Å². The topological polar surface area (TPSA) is 79.9 Å². The fourth-order valence-electron chi connectivity index (χ4n) is 4.53. The van der Waals surface area contributed by atoms with E-state index in [4.69, 9.17) is 9.47 Å². The first-order chi connectivity index (χ1) is 14.9. The molecule has 2 aliphatic rings. The monoisotopic (exact) mass is 431 g/mol. The van der Waals surface area contributed by atoms with Crippen molar-refractivity contribution in [2.24, 2.45) is 5.92 Å². The van der Waals surface area contributed by atoms with Gasteiger partial charge in [-0.3, -0.25) is 4.79 Å². The van der Waals surface area contributed by atoms with E-state index in [9.17, 15) is 9.59 Å². The van der Waals surface area contributed by atoms with E-state index in [1.165, 1.54) is 12.8 Å². The summed E-state index contributed by atoms with van der Waals surface area (Å²) in [4.78, 5) is 27.8. The Morgan fingerprint density at radius 2 is 1.61 bits per heavy atom. The van der Waals surface area contributed by atoms with Gasteiger partial charge in [-0.2, -0.15) is 0 Å². The Hall–Kier alpha value is -2.44. The number of hydrogen-bond donors (Lipinski definition) is 2. The summed E-state index contributed by atoms with van der Waals surface area (Å²) in [5, 5.41) is 6.18. The van der Waals surface area contributed by atoms with Crippen LogP contribution in [0.4, 0.5) is 4.79 Å². The summed E-state index contributed by atoms with van der Waals surface area (Å²) in [5.74, 6) is 1.30. The predicted octanol–water partition coefficient (Wildman–Crippen LogP) is 3.64. The third-order valence-electron chi connectivity index (χ3n) is 6.43. The average molecular weight is 432 g/mol. The highest BCUT2D eigenvalue weighted by Crippen LogP contribution is 2.33. The van der Waals surface area contributed by atoms with Crippen LogP contribution in [0.1, 0.15) is 63.5 Å². The first kappa shape index (κ1) is 23.2. The van der Waals surface area contributed by atoms with Crippen LogP contribution in [0.15, 0.2) is 12.1 Å². The molecule has 7 heteroatoms. The van der Waals surface area contributed by atoms with E-state index in [0.717, 1.165) is 43.2 Å². The standard InChI is InChI=1S/C24H37N3O4/c1-16(2)22(23(28)25-19-9-7-5-6-8-10-19)26-24(29)27-12-11-17-13-20(30-3)21(31-4)14-18(17)15-27/h13-14,16,19,22H,5-12,15H2,1-4H3,(H,25,28)(H,26,29)/t22-/m1/s1. The van der Waals surface area contributed by atoms with Crippen LogP contribution in [0.5, 0.6) is 11.5 Å². The fourth-order valence-corrected chi connectivity index (χ4v) is 4.53. The van der Waals surface area contributed by atoms with Gasteiger partial charge in [-0.1, -0.05) is 39.5 Å². The van der Waals surface area contributed by atoms with Crippen molar-refractivity contribution in [2.45, 2.75) is 77.4 Å². The van der Waals surface area contributed by atoms with Crippen molar-refractivity contribution in [1.82, 2.24) is 15.5 Å². The molecule has 2 N–H and O–H groups in total. The fraction of sp³-hybridized carbons (Fsp3) is 0.667. The Morgan fingerprint density at radius 1 is 1.00 bits per heavy atom. The second-order valence-corrected chi connectivity index (χ2v) is 9.02. The zero-order valence-electron chi connectivity index (χ0n) is 19.3. The quantitative estimate of drug-likeness (QED) is 0.674. The lowest BCUT2D eigenvalue weighted by atomic mass is 9.98. The highest BCUT2D eigenvalue weighted by atomic mass is 16.5. The van der Waals surface area contributed by atoms with Crippen molar-refractivity contribution in [3.05, 3.63) is 23.3 Å². The van der Waals surface area contributed by atoms with Gasteiger partial charge in [-0.05, 0) is 48.4 Å². The number of fused-ring (bicyclic) bond motifs is 1. The number of ether oxygens (including phenoxy) is 2. The summed E-state index contributed by atoms with van der Waals surface area (Å²) in [7, 11) is 3.23. The highest BCUT2D eigenvalue weighted by molar-refractivity contribution is 5.87. The van der Waals surface area contributed by atoms with Crippen LogP contribution in [0.2, 0.25) is 0 Å². The van der Waals surface area contributed by atoms with Crippen LogP contribution < -0.4 is 20.1 Å². The van der Waals surface area contributed by atoms with E-state index in [2.05, 4.69) is 10.6 Å². The molecule has 0 saturated heterocycles. The minimum atomic E-state index is -0.539. The molecule has 1 fully saturated rings. The van der Waals surface area contributed by atoms with E-state index in [0.29, 0.717) is 24.6 Å². The van der Waals surface area contributed by atoms with E-state index >= 15 is 0 Å². The molecule has 1 atom stereocenters. The number of urea groups is 1. The van der Waals surface area contributed by atoms with Crippen molar-refractivity contribution in [3.8, 4) is 11.5 Å². The lowest BCUT2D eigenvalue weighted by Gasteiger charge is -2.32. The molecule has 1 aliphatic carbocycles. The van der Waals surface area contributed by atoms with Gasteiger partial charge in [0.2, 0.25) is 5.91 Å². The maximum absolute atomic E-state index is 13.0. The maximum atomic E-state index is 13.0. The molecule has 31 heavy (non-hydrogen) atoms. The second kappa shape index (κ2) is 10.7. The molecule has 3 rings (SSSR count). The zero-order chi connectivity index (χ0) is 22.4. The normalized spacial score (nSPS) is 18.0. The predicted molar refractivity (Wildman–Crippen MR) is 120 cm³/mol. The van der Waals surface area contributed by atoms with Crippen molar-refractivity contribution >= 4 is 11.9 Å². The first-order valence-electron chi connectivity index (χ1n) is 11.5. The Morgan fingerprint density at radius 3 is 2.19 bits per heavy atom. The highest BCUT2D eigenvalue weighted by Gasteiger charge is 2.30. The number of benzene rings is 1. The third kappa shape index (κ3) is 5.83. The molecule has 1 heterocycles. The van der Waals surface area contributed by atoms with Crippen LogP contribution in [-0.4, -0.2) is 49.7 Å². The largest absolute Gasteiger partial charge is 0.493 e. The van der Waals surface area contributed by atoms with Gasteiger partial charge in [0.15, 0.2) is 11.5 Å². The molecular formula is C24H37N3O4. The Bertz CT molecular complexity index is 772. The van der Waals surface area contributed by atoms with Crippen LogP contribution >= 0.6 is 0 Å². The summed E-state index contributed by atoms with van der Waals surface area (Å²) in [6.45, 7) is 5.03. The number of nitrogens with zero attached hydrogens (tertiary/aromatic N) is 1. The van der Waals surface area contributed by atoms with Crippen molar-refractivity contribution < 1.29 is 19.1 Å². The SMILES string of the molecule is COc1cc2c(cc1OC)CN(C(=O)N[C@@H](C(=O)NC1CCCCCC1)C(C)C)CC2. The molecule has 0 aromatic heterocycles. The van der Waals surface area contributed by atoms with Crippen LogP contribution in [0.3, 0.4) is 0 Å². The summed E-state index contributed by atoms with van der Waals surface area (Å²) in [6.07, 6.45) is 7.59. The number of amides is 3. The summed E-state index contributed by atoms with van der Waals surface area (Å²) in [6, 6.07) is 3.41. The third-order valence-corrected chi connectivity index (χ3v) is 6.43. The molecule has 1 aromatic rings. The van der Waals surface area contributed by atoms with Gasteiger partial charge in [0.05, 0.1) is 14.2 Å². The van der Waals surface area contributed by atoms with Crippen molar-refractivity contribution in [1.29, 1.82) is 0 Å². The summed E-state index contributed by atoms with van der Waals surface area (Å²) in [5.41, 5.74) is 2.20. The molecular weight excluding hydrogens is 394 g/mol. The number of hydrogen-bond acceptors (Lipinski definition) is 4. The molecule has 0 spiro atoms. The van der Waals surface area contributed by atoms with Crippen molar-refractivity contribution in [3.63, 3.8) is 0 Å². The lowest BCUT2D eigenvalue weighted by Crippen LogP contribution is -2.55. The van der Waals surface area contributed by atoms with Crippen LogP contribution in [0, 0.1) is 5.92 Å². The number of nitrogens with one attached hydrogen (secondary N) is 2. The number of carbonyl (C=O) groups is 2. The van der Waals surface area contributed by atoms with Gasteiger partial charge >= 0.3 is 6.03 Å². The van der Waals surface area contributed by atoms with Crippen LogP contribution in [0.25, 0.3) is 0 Å². The first-order valence-corrected chi connectivity index (χ1v) is 11.5. The van der Waals surface area contributed by atoms with Crippen LogP contribution in [-0.2, 0) is 17.8 Å². The van der Waals surface area contributed by atoms with E-state index in [1.54, 1.807) is 19.1 Å². The molecule has 0 bridgehead atoms. The average Bonchev–Trinajstić information content (AvgIpc) is 3.04. The minimum Gasteiger partial charge on any atom is -0.493 e. The molecule has 1 saturated carbocycles. The molecule has 0 unspecified atom stereocenters. The molecule has 3 amide bonds. The molecule has 1 aromatic carbocycles. The second-order valence-electron chi connectivity index (χ2n) is 9.02. The Balaban J connectivity index is 1.64. The van der Waals surface area contributed by atoms with Crippen molar-refractivity contribution in [2.75, 3.05) is 20.8 Å². The maximum Gasteiger partial charge on any atom is 0.318 e. The molecule has 7 nitrogen and oxygen atoms in total. The van der Waals surface area contributed by atoms with E-state index < -0.39 is 6.04 Å². The number of carbonyl (C=O) groups excluding carboxylic acids is 2. The Kier molecular flexibility index (Phi) is 8.04. The summed E-state index contributed by atoms with van der Waals surface area (Å²) >= 11 is 0. The zero-order valence-corrected chi connectivity index (χ0v) is 19.3. The minimum absolute atomic E-state index is 0.0103. The molecule has 172 valence electrons. The van der Waals surface area contributed by atoms with Gasteiger partial charge < -0.3 is 25.0 Å². The van der Waals surface area contributed by atoms with Gasteiger partial charge in [-0.25, -0.2) is 4.79 Å². The van der Waals surface area contributed by atoms with Gasteiger partial charge in [0.1, 0.15) is 6.04 Å². The van der Waals surface area contributed by atoms with Gasteiger partial charge in [0, 0.05) is 19.1 Å². The lowest BCUT2D eigenvalue weighted by molar-refractivity contribution is -0.124. The number of rotatable bonds is 6. The van der Waals surface area contributed by atoms with Gasteiger partial charge in [-0.15, -0.1) is 0 Å². The molecule has 1 aliphatic heterocycles. The number of methoxy groups -OCH3 is 2. The smallest absolute Gasteiger partial charge is 0.318 e. The summed E-state index contributed by atoms with van der Waals surface area (Å²) < 4.78 is 10.8.